The van der Waals surface area contributed by atoms with Crippen LogP contribution in [0.1, 0.15) is 17.0 Å². The Morgan fingerprint density at radius 3 is 2.54 bits per heavy atom. The van der Waals surface area contributed by atoms with Gasteiger partial charge in [-0.1, -0.05) is 53.5 Å². The van der Waals surface area contributed by atoms with E-state index in [9.17, 15) is 5.11 Å². The smallest absolute Gasteiger partial charge is 0.0945 e. The summed E-state index contributed by atoms with van der Waals surface area (Å²) in [6, 6.07) is 13.4. The van der Waals surface area contributed by atoms with E-state index in [0.29, 0.717) is 32.7 Å². The van der Waals surface area contributed by atoms with Gasteiger partial charge in [0.05, 0.1) is 39.4 Å². The third-order valence-corrected chi connectivity index (χ3v) is 4.90. The molecule has 0 unspecified atom stereocenters. The van der Waals surface area contributed by atoms with E-state index in [4.69, 9.17) is 28.2 Å². The molecule has 0 saturated heterocycles. The molecule has 2 N–H and O–H groups in total. The van der Waals surface area contributed by atoms with Gasteiger partial charge in [0, 0.05) is 17.7 Å². The minimum Gasteiger partial charge on any atom is -0.390 e. The van der Waals surface area contributed by atoms with E-state index in [-0.39, 0.29) is 6.61 Å². The second-order valence-electron chi connectivity index (χ2n) is 5.94. The van der Waals surface area contributed by atoms with Gasteiger partial charge in [0.2, 0.25) is 0 Å². The minimum absolute atomic E-state index is 0.218. The molecule has 26 heavy (non-hydrogen) atoms. The summed E-state index contributed by atoms with van der Waals surface area (Å²) in [5.74, 6) is 0. The molecule has 0 atom stereocenters. The molecule has 3 rings (SSSR count). The van der Waals surface area contributed by atoms with Crippen LogP contribution in [0.5, 0.6) is 0 Å². The number of hydrogen-bond donors (Lipinski definition) is 2. The Labute approximate surface area is 162 Å². The van der Waals surface area contributed by atoms with Crippen LogP contribution in [0.4, 0.5) is 0 Å². The highest BCUT2D eigenvalue weighted by molar-refractivity contribution is 6.43. The Morgan fingerprint density at radius 1 is 1.04 bits per heavy atom. The van der Waals surface area contributed by atoms with Gasteiger partial charge in [-0.2, -0.15) is 0 Å². The molecule has 134 valence electrons. The van der Waals surface area contributed by atoms with E-state index >= 15 is 0 Å². The van der Waals surface area contributed by atoms with E-state index in [1.54, 1.807) is 6.07 Å². The Kier molecular flexibility index (Phi) is 5.89. The fourth-order valence-electron chi connectivity index (χ4n) is 2.87. The lowest BCUT2D eigenvalue weighted by atomic mass is 10.0. The van der Waals surface area contributed by atoms with Gasteiger partial charge in [-0.3, -0.25) is 0 Å². The van der Waals surface area contributed by atoms with Gasteiger partial charge in [0.15, 0.2) is 0 Å². The van der Waals surface area contributed by atoms with Crippen LogP contribution in [-0.4, -0.2) is 22.1 Å². The summed E-state index contributed by atoms with van der Waals surface area (Å²) in [5.41, 5.74) is 5.27. The third-order valence-electron chi connectivity index (χ3n) is 4.08. The van der Waals surface area contributed by atoms with Crippen molar-refractivity contribution in [1.82, 2.24) is 15.3 Å². The van der Waals surface area contributed by atoms with E-state index in [1.807, 2.05) is 50.4 Å². The summed E-state index contributed by atoms with van der Waals surface area (Å²) in [4.78, 5) is 9.36. The summed E-state index contributed by atoms with van der Waals surface area (Å²) in [6.45, 7) is 2.41. The molecule has 0 amide bonds. The lowest BCUT2D eigenvalue weighted by Crippen LogP contribution is -2.06. The summed E-state index contributed by atoms with van der Waals surface area (Å²) >= 11 is 12.5. The molecule has 0 aliphatic carbocycles. The fraction of sp³-hybridized carbons (Fsp3) is 0.200. The number of aromatic nitrogens is 2. The third kappa shape index (κ3) is 3.74. The van der Waals surface area contributed by atoms with Gasteiger partial charge in [0.1, 0.15) is 0 Å². The van der Waals surface area contributed by atoms with Crippen LogP contribution in [0.3, 0.4) is 0 Å². The molecule has 1 heterocycles. The zero-order valence-electron chi connectivity index (χ0n) is 14.6. The number of aryl methyl sites for hydroxylation is 1. The van der Waals surface area contributed by atoms with Gasteiger partial charge in [-0.15, -0.1) is 0 Å². The van der Waals surface area contributed by atoms with Crippen molar-refractivity contribution in [3.8, 4) is 22.5 Å². The first-order valence-corrected chi connectivity index (χ1v) is 8.97. The highest BCUT2D eigenvalue weighted by Gasteiger charge is 2.17. The molecule has 1 aromatic heterocycles. The van der Waals surface area contributed by atoms with Crippen molar-refractivity contribution in [1.29, 1.82) is 0 Å². The predicted molar refractivity (Wildman–Crippen MR) is 106 cm³/mol. The lowest BCUT2D eigenvalue weighted by molar-refractivity contribution is 0.277. The number of halogens is 2. The van der Waals surface area contributed by atoms with Crippen LogP contribution < -0.4 is 5.32 Å². The molecular formula is C20H19Cl2N3O. The summed E-state index contributed by atoms with van der Waals surface area (Å²) in [5, 5.41) is 13.9. The molecule has 0 saturated carbocycles. The fourth-order valence-corrected chi connectivity index (χ4v) is 3.26. The first kappa shape index (κ1) is 18.8. The molecular weight excluding hydrogens is 369 g/mol. The van der Waals surface area contributed by atoms with Crippen molar-refractivity contribution >= 4 is 23.2 Å². The van der Waals surface area contributed by atoms with Crippen molar-refractivity contribution in [3.05, 3.63) is 69.5 Å². The Hall–Kier alpha value is -1.98. The molecule has 0 fully saturated rings. The average molecular weight is 388 g/mol. The van der Waals surface area contributed by atoms with E-state index in [1.165, 1.54) is 0 Å². The first-order chi connectivity index (χ1) is 12.5. The molecule has 0 radical (unpaired) electrons. The zero-order valence-corrected chi connectivity index (χ0v) is 16.1. The van der Waals surface area contributed by atoms with Crippen molar-refractivity contribution < 1.29 is 5.11 Å². The van der Waals surface area contributed by atoms with E-state index < -0.39 is 0 Å². The SMILES string of the molecule is CNCc1cccc(-c2nc(C)c(-c3cccc(Cl)c3Cl)nc2CO)c1. The predicted octanol–water partition coefficient (Wildman–Crippen LogP) is 4.64. The van der Waals surface area contributed by atoms with Crippen molar-refractivity contribution in [2.75, 3.05) is 7.05 Å². The van der Waals surface area contributed by atoms with Gasteiger partial charge in [-0.05, 0) is 31.7 Å². The largest absolute Gasteiger partial charge is 0.390 e. The van der Waals surface area contributed by atoms with Gasteiger partial charge >= 0.3 is 0 Å². The van der Waals surface area contributed by atoms with Crippen LogP contribution in [0.2, 0.25) is 10.0 Å². The van der Waals surface area contributed by atoms with Gasteiger partial charge in [0.25, 0.3) is 0 Å². The molecule has 4 nitrogen and oxygen atoms in total. The normalized spacial score (nSPS) is 11.0. The maximum absolute atomic E-state index is 9.86. The number of rotatable bonds is 5. The highest BCUT2D eigenvalue weighted by atomic mass is 35.5. The number of nitrogens with zero attached hydrogens (tertiary/aromatic N) is 2. The second-order valence-corrected chi connectivity index (χ2v) is 6.73. The van der Waals surface area contributed by atoms with Crippen molar-refractivity contribution in [2.24, 2.45) is 0 Å². The molecule has 0 bridgehead atoms. The van der Waals surface area contributed by atoms with E-state index in [0.717, 1.165) is 23.4 Å². The quantitative estimate of drug-likeness (QED) is 0.669. The maximum atomic E-state index is 9.86. The molecule has 3 aromatic rings. The standard InChI is InChI=1S/C20H19Cl2N3O/c1-12-19(15-7-4-8-16(21)18(15)22)25-17(11-26)20(24-12)14-6-3-5-13(9-14)10-23-2/h3-9,23,26H,10-11H2,1-2H3. The second kappa shape index (κ2) is 8.14. The van der Waals surface area contributed by atoms with Gasteiger partial charge in [-0.25, -0.2) is 9.97 Å². The van der Waals surface area contributed by atoms with Crippen molar-refractivity contribution in [2.45, 2.75) is 20.1 Å². The van der Waals surface area contributed by atoms with Crippen molar-refractivity contribution in [3.63, 3.8) is 0 Å². The Morgan fingerprint density at radius 2 is 1.81 bits per heavy atom. The van der Waals surface area contributed by atoms with E-state index in [2.05, 4.69) is 10.3 Å². The average Bonchev–Trinajstić information content (AvgIpc) is 2.64. The van der Waals surface area contributed by atoms with Crippen LogP contribution in [0, 0.1) is 6.92 Å². The number of aliphatic hydroxyl groups is 1. The van der Waals surface area contributed by atoms with Crippen LogP contribution in [0.15, 0.2) is 42.5 Å². The van der Waals surface area contributed by atoms with Crippen LogP contribution in [0.25, 0.3) is 22.5 Å². The summed E-state index contributed by atoms with van der Waals surface area (Å²) < 4.78 is 0. The zero-order chi connectivity index (χ0) is 18.7. The molecule has 0 aliphatic heterocycles. The lowest BCUT2D eigenvalue weighted by Gasteiger charge is -2.14. The minimum atomic E-state index is -0.218. The summed E-state index contributed by atoms with van der Waals surface area (Å²) in [6.07, 6.45) is 0. The maximum Gasteiger partial charge on any atom is 0.0945 e. The van der Waals surface area contributed by atoms with Gasteiger partial charge < -0.3 is 10.4 Å². The Balaban J connectivity index is 2.14. The topological polar surface area (TPSA) is 58.0 Å². The van der Waals surface area contributed by atoms with Crippen LogP contribution in [-0.2, 0) is 13.2 Å². The number of nitrogens with one attached hydrogen (secondary N) is 1. The first-order valence-electron chi connectivity index (χ1n) is 8.21. The van der Waals surface area contributed by atoms with Crippen LogP contribution >= 0.6 is 23.2 Å². The number of hydrogen-bond acceptors (Lipinski definition) is 4. The molecule has 0 aliphatic rings. The molecule has 6 heteroatoms. The number of aliphatic hydroxyl groups excluding tert-OH is 1. The molecule has 0 spiro atoms. The Bertz CT molecular complexity index is 944. The molecule has 2 aromatic carbocycles. The summed E-state index contributed by atoms with van der Waals surface area (Å²) in [7, 11) is 1.90. The number of benzene rings is 2. The monoisotopic (exact) mass is 387 g/mol. The highest BCUT2D eigenvalue weighted by Crippen LogP contribution is 2.35.